The molecule has 0 aliphatic rings. The van der Waals surface area contributed by atoms with Crippen LogP contribution in [0.25, 0.3) is 11.0 Å². The Kier molecular flexibility index (Phi) is 5.45. The molecular formula is C21H19NO4. The highest BCUT2D eigenvalue weighted by Crippen LogP contribution is 2.23. The number of rotatable bonds is 5. The molecule has 0 radical (unpaired) electrons. The maximum absolute atomic E-state index is 11.7. The lowest BCUT2D eigenvalue weighted by Crippen LogP contribution is -2.19. The van der Waals surface area contributed by atoms with Crippen molar-refractivity contribution >= 4 is 16.7 Å². The van der Waals surface area contributed by atoms with Crippen molar-refractivity contribution in [3.8, 4) is 23.3 Å². The molecule has 132 valence electrons. The van der Waals surface area contributed by atoms with E-state index in [1.807, 2.05) is 54.4 Å². The van der Waals surface area contributed by atoms with Crippen LogP contribution in [-0.2, 0) is 0 Å². The van der Waals surface area contributed by atoms with E-state index in [1.54, 1.807) is 13.2 Å². The van der Waals surface area contributed by atoms with E-state index in [1.165, 1.54) is 6.07 Å². The molecule has 0 fully saturated rings. The first-order chi connectivity index (χ1) is 12.7. The zero-order chi connectivity index (χ0) is 18.4. The van der Waals surface area contributed by atoms with Crippen LogP contribution < -0.4 is 20.0 Å². The summed E-state index contributed by atoms with van der Waals surface area (Å²) in [7, 11) is 3.51. The van der Waals surface area contributed by atoms with Crippen LogP contribution in [0.4, 0.5) is 5.69 Å². The molecule has 0 aliphatic carbocycles. The van der Waals surface area contributed by atoms with E-state index in [0.717, 1.165) is 22.6 Å². The average molecular weight is 349 g/mol. The van der Waals surface area contributed by atoms with Crippen molar-refractivity contribution in [2.24, 2.45) is 0 Å². The minimum Gasteiger partial charge on any atom is -0.497 e. The van der Waals surface area contributed by atoms with Crippen LogP contribution in [0.15, 0.2) is 63.8 Å². The number of methoxy groups -OCH3 is 1. The Morgan fingerprint density at radius 3 is 2.54 bits per heavy atom. The molecule has 5 nitrogen and oxygen atoms in total. The molecular weight excluding hydrogens is 330 g/mol. The molecule has 3 rings (SSSR count). The van der Waals surface area contributed by atoms with Crippen molar-refractivity contribution in [1.29, 1.82) is 0 Å². The summed E-state index contributed by atoms with van der Waals surface area (Å²) in [4.78, 5) is 13.6. The van der Waals surface area contributed by atoms with Crippen LogP contribution in [0.2, 0.25) is 0 Å². The summed E-state index contributed by atoms with van der Waals surface area (Å²) < 4.78 is 15.9. The van der Waals surface area contributed by atoms with Gasteiger partial charge in [0.1, 0.15) is 23.7 Å². The van der Waals surface area contributed by atoms with Gasteiger partial charge in [0.05, 0.1) is 19.3 Å². The molecule has 1 heterocycles. The first-order valence-electron chi connectivity index (χ1n) is 8.14. The number of anilines is 1. The largest absolute Gasteiger partial charge is 0.497 e. The third-order valence-electron chi connectivity index (χ3n) is 3.85. The van der Waals surface area contributed by atoms with Crippen LogP contribution in [0, 0.1) is 11.8 Å². The van der Waals surface area contributed by atoms with Gasteiger partial charge in [-0.3, -0.25) is 0 Å². The summed E-state index contributed by atoms with van der Waals surface area (Å²) in [5.74, 6) is 7.55. The van der Waals surface area contributed by atoms with Gasteiger partial charge in [0, 0.05) is 18.5 Å². The standard InChI is InChI=1S/C21H19NO4/c1-22(19-15-21(23)26-20-8-4-3-7-18(19)20)13-5-6-14-25-17-11-9-16(24-2)10-12-17/h3-4,7-12,15H,13-14H2,1-2H3. The predicted molar refractivity (Wildman–Crippen MR) is 102 cm³/mol. The van der Waals surface area contributed by atoms with E-state index in [-0.39, 0.29) is 12.2 Å². The van der Waals surface area contributed by atoms with Crippen molar-refractivity contribution in [2.75, 3.05) is 32.2 Å². The lowest BCUT2D eigenvalue weighted by molar-refractivity contribution is 0.367. The van der Waals surface area contributed by atoms with Gasteiger partial charge in [-0.25, -0.2) is 4.79 Å². The fourth-order valence-electron chi connectivity index (χ4n) is 2.51. The third-order valence-corrected chi connectivity index (χ3v) is 3.85. The Hall–Kier alpha value is -3.39. The summed E-state index contributed by atoms with van der Waals surface area (Å²) in [5.41, 5.74) is 0.987. The van der Waals surface area contributed by atoms with E-state index in [4.69, 9.17) is 13.9 Å². The monoisotopic (exact) mass is 349 g/mol. The third kappa shape index (κ3) is 4.17. The maximum atomic E-state index is 11.7. The summed E-state index contributed by atoms with van der Waals surface area (Å²) in [6.07, 6.45) is 0. The number of benzene rings is 2. The topological polar surface area (TPSA) is 51.9 Å². The molecule has 5 heteroatoms. The number of fused-ring (bicyclic) bond motifs is 1. The van der Waals surface area contributed by atoms with Gasteiger partial charge >= 0.3 is 5.63 Å². The Balaban J connectivity index is 1.62. The summed E-state index contributed by atoms with van der Waals surface area (Å²) in [6, 6.07) is 16.3. The predicted octanol–water partition coefficient (Wildman–Crippen LogP) is 3.32. The minimum atomic E-state index is -0.374. The molecule has 26 heavy (non-hydrogen) atoms. The van der Waals surface area contributed by atoms with Gasteiger partial charge in [-0.05, 0) is 36.4 Å². The van der Waals surface area contributed by atoms with Gasteiger partial charge in [-0.2, -0.15) is 0 Å². The highest BCUT2D eigenvalue weighted by Gasteiger charge is 2.08. The Morgan fingerprint density at radius 2 is 1.77 bits per heavy atom. The molecule has 0 bridgehead atoms. The van der Waals surface area contributed by atoms with E-state index in [9.17, 15) is 4.79 Å². The van der Waals surface area contributed by atoms with E-state index < -0.39 is 0 Å². The Labute approximate surface area is 151 Å². The summed E-state index contributed by atoms with van der Waals surface area (Å²) in [6.45, 7) is 0.761. The van der Waals surface area contributed by atoms with Crippen molar-refractivity contribution in [3.63, 3.8) is 0 Å². The van der Waals surface area contributed by atoms with Crippen LogP contribution in [0.5, 0.6) is 11.5 Å². The van der Waals surface area contributed by atoms with Crippen LogP contribution >= 0.6 is 0 Å². The molecule has 0 aliphatic heterocycles. The normalized spacial score (nSPS) is 10.1. The fourth-order valence-corrected chi connectivity index (χ4v) is 2.51. The van der Waals surface area contributed by atoms with Crippen LogP contribution in [0.1, 0.15) is 0 Å². The molecule has 0 amide bonds. The number of hydrogen-bond acceptors (Lipinski definition) is 5. The molecule has 0 unspecified atom stereocenters. The summed E-state index contributed by atoms with van der Waals surface area (Å²) >= 11 is 0. The molecule has 0 saturated carbocycles. The molecule has 1 aromatic heterocycles. The lowest BCUT2D eigenvalue weighted by atomic mass is 10.2. The molecule has 0 atom stereocenters. The van der Waals surface area contributed by atoms with Crippen molar-refractivity contribution in [1.82, 2.24) is 0 Å². The van der Waals surface area contributed by atoms with Gasteiger partial charge in [0.25, 0.3) is 0 Å². The number of nitrogens with zero attached hydrogens (tertiary/aromatic N) is 1. The Morgan fingerprint density at radius 1 is 1.04 bits per heavy atom. The van der Waals surface area contributed by atoms with Crippen LogP contribution in [0.3, 0.4) is 0 Å². The minimum absolute atomic E-state index is 0.290. The average Bonchev–Trinajstić information content (AvgIpc) is 2.67. The first-order valence-corrected chi connectivity index (χ1v) is 8.14. The second-order valence-corrected chi connectivity index (χ2v) is 5.62. The first kappa shape index (κ1) is 17.4. The molecule has 2 aromatic carbocycles. The van der Waals surface area contributed by atoms with Gasteiger partial charge in [-0.1, -0.05) is 24.0 Å². The molecule has 0 N–H and O–H groups in total. The highest BCUT2D eigenvalue weighted by atomic mass is 16.5. The second-order valence-electron chi connectivity index (χ2n) is 5.62. The lowest BCUT2D eigenvalue weighted by Gasteiger charge is -2.17. The van der Waals surface area contributed by atoms with Crippen molar-refractivity contribution in [3.05, 3.63) is 65.0 Å². The van der Waals surface area contributed by atoms with Gasteiger partial charge in [0.15, 0.2) is 0 Å². The zero-order valence-electron chi connectivity index (χ0n) is 14.7. The fraction of sp³-hybridized carbons (Fsp3) is 0.190. The highest BCUT2D eigenvalue weighted by molar-refractivity contribution is 5.90. The van der Waals surface area contributed by atoms with E-state index >= 15 is 0 Å². The summed E-state index contributed by atoms with van der Waals surface area (Å²) in [5, 5.41) is 0.880. The second kappa shape index (κ2) is 8.13. The maximum Gasteiger partial charge on any atom is 0.338 e. The molecule has 0 saturated heterocycles. The van der Waals surface area contributed by atoms with Gasteiger partial charge in [-0.15, -0.1) is 0 Å². The quantitative estimate of drug-likeness (QED) is 0.522. The van der Waals surface area contributed by atoms with Crippen LogP contribution in [-0.4, -0.2) is 27.3 Å². The number of ether oxygens (including phenoxy) is 2. The Bertz CT molecular complexity index is 996. The SMILES string of the molecule is COc1ccc(OCC#CCN(C)c2cc(=O)oc3ccccc23)cc1. The smallest absolute Gasteiger partial charge is 0.338 e. The molecule has 3 aromatic rings. The van der Waals surface area contributed by atoms with Gasteiger partial charge in [0.2, 0.25) is 0 Å². The number of para-hydroxylation sites is 1. The molecule has 0 spiro atoms. The van der Waals surface area contributed by atoms with E-state index in [0.29, 0.717) is 12.1 Å². The number of hydrogen-bond donors (Lipinski definition) is 0. The van der Waals surface area contributed by atoms with Gasteiger partial charge < -0.3 is 18.8 Å². The van der Waals surface area contributed by atoms with Crippen molar-refractivity contribution in [2.45, 2.75) is 0 Å². The van der Waals surface area contributed by atoms with Crippen molar-refractivity contribution < 1.29 is 13.9 Å². The zero-order valence-corrected chi connectivity index (χ0v) is 14.7. The van der Waals surface area contributed by atoms with E-state index in [2.05, 4.69) is 11.8 Å².